The van der Waals surface area contributed by atoms with Crippen molar-refractivity contribution in [3.8, 4) is 0 Å². The lowest BCUT2D eigenvalue weighted by Crippen LogP contribution is -2.41. The summed E-state index contributed by atoms with van der Waals surface area (Å²) in [6.07, 6.45) is 0.680. The van der Waals surface area contributed by atoms with Crippen molar-refractivity contribution in [1.82, 2.24) is 4.90 Å². The highest BCUT2D eigenvalue weighted by Gasteiger charge is 2.49. The Bertz CT molecular complexity index is 483. The van der Waals surface area contributed by atoms with E-state index in [0.29, 0.717) is 31.7 Å². The Morgan fingerprint density at radius 1 is 1.50 bits per heavy atom. The van der Waals surface area contributed by atoms with Crippen molar-refractivity contribution in [1.29, 1.82) is 0 Å². The number of esters is 1. The lowest BCUT2D eigenvalue weighted by Gasteiger charge is -2.30. The standard InChI is InChI=1S/C15H21NO3S/c1-4-19-14(18)15(11(2)3)6-7-16(10-15)13(17)12-5-8-20-9-12/h5,8-9,11H,4,6-7,10H2,1-3H3/t15-/m1/s1. The third-order valence-electron chi connectivity index (χ3n) is 4.14. The second kappa shape index (κ2) is 5.95. The molecular weight excluding hydrogens is 274 g/mol. The quantitative estimate of drug-likeness (QED) is 0.802. The summed E-state index contributed by atoms with van der Waals surface area (Å²) in [5, 5.41) is 3.74. The van der Waals surface area contributed by atoms with Crippen molar-refractivity contribution < 1.29 is 14.3 Å². The third-order valence-corrected chi connectivity index (χ3v) is 4.83. The van der Waals surface area contributed by atoms with Crippen LogP contribution in [0.1, 0.15) is 37.6 Å². The van der Waals surface area contributed by atoms with E-state index in [9.17, 15) is 9.59 Å². The number of nitrogens with zero attached hydrogens (tertiary/aromatic N) is 1. The van der Waals surface area contributed by atoms with Crippen molar-refractivity contribution in [2.45, 2.75) is 27.2 Å². The van der Waals surface area contributed by atoms with E-state index in [4.69, 9.17) is 4.74 Å². The molecule has 0 saturated carbocycles. The van der Waals surface area contributed by atoms with Crippen molar-refractivity contribution in [3.63, 3.8) is 0 Å². The van der Waals surface area contributed by atoms with Gasteiger partial charge in [0.15, 0.2) is 0 Å². The fraction of sp³-hybridized carbons (Fsp3) is 0.600. The van der Waals surface area contributed by atoms with Gasteiger partial charge < -0.3 is 9.64 Å². The van der Waals surface area contributed by atoms with Crippen LogP contribution >= 0.6 is 11.3 Å². The van der Waals surface area contributed by atoms with Gasteiger partial charge in [0.1, 0.15) is 0 Å². The molecule has 1 saturated heterocycles. The first-order valence-electron chi connectivity index (χ1n) is 7.00. The monoisotopic (exact) mass is 295 g/mol. The molecule has 1 atom stereocenters. The predicted octanol–water partition coefficient (Wildman–Crippen LogP) is 2.80. The second-order valence-electron chi connectivity index (χ2n) is 5.52. The zero-order chi connectivity index (χ0) is 14.8. The Morgan fingerprint density at radius 3 is 2.80 bits per heavy atom. The lowest BCUT2D eigenvalue weighted by atomic mass is 9.76. The van der Waals surface area contributed by atoms with Gasteiger partial charge in [-0.3, -0.25) is 9.59 Å². The van der Waals surface area contributed by atoms with Gasteiger partial charge >= 0.3 is 5.97 Å². The smallest absolute Gasteiger partial charge is 0.314 e. The molecule has 0 aromatic carbocycles. The molecule has 0 spiro atoms. The van der Waals surface area contributed by atoms with Gasteiger partial charge in [-0.25, -0.2) is 0 Å². The van der Waals surface area contributed by atoms with E-state index in [1.165, 1.54) is 11.3 Å². The van der Waals surface area contributed by atoms with E-state index < -0.39 is 5.41 Å². The molecule has 1 aliphatic heterocycles. The summed E-state index contributed by atoms with van der Waals surface area (Å²) >= 11 is 1.51. The number of ether oxygens (including phenoxy) is 1. The molecule has 110 valence electrons. The van der Waals surface area contributed by atoms with Crippen LogP contribution in [0.15, 0.2) is 16.8 Å². The van der Waals surface area contributed by atoms with Crippen molar-refractivity contribution >= 4 is 23.2 Å². The second-order valence-corrected chi connectivity index (χ2v) is 6.30. The van der Waals surface area contributed by atoms with E-state index >= 15 is 0 Å². The zero-order valence-electron chi connectivity index (χ0n) is 12.2. The van der Waals surface area contributed by atoms with Crippen LogP contribution in [-0.4, -0.2) is 36.5 Å². The third kappa shape index (κ3) is 2.59. The molecule has 2 heterocycles. The van der Waals surface area contributed by atoms with Gasteiger partial charge in [-0.1, -0.05) is 13.8 Å². The Labute approximate surface area is 123 Å². The number of thiophene rings is 1. The maximum atomic E-state index is 12.4. The molecular formula is C15H21NO3S. The minimum Gasteiger partial charge on any atom is -0.466 e. The van der Waals surface area contributed by atoms with Crippen LogP contribution in [0.3, 0.4) is 0 Å². The summed E-state index contributed by atoms with van der Waals surface area (Å²) in [7, 11) is 0. The van der Waals surface area contributed by atoms with E-state index in [2.05, 4.69) is 0 Å². The number of likely N-dealkylation sites (tertiary alicyclic amines) is 1. The average molecular weight is 295 g/mol. The summed E-state index contributed by atoms with van der Waals surface area (Å²) in [5.41, 5.74) is 0.153. The Morgan fingerprint density at radius 2 is 2.25 bits per heavy atom. The summed E-state index contributed by atoms with van der Waals surface area (Å²) in [6.45, 7) is 7.32. The molecule has 0 aliphatic carbocycles. The summed E-state index contributed by atoms with van der Waals surface area (Å²) < 4.78 is 5.23. The fourth-order valence-corrected chi connectivity index (χ4v) is 3.35. The minimum atomic E-state index is -0.554. The number of carbonyl (C=O) groups excluding carboxylic acids is 2. The number of carbonyl (C=O) groups is 2. The number of amides is 1. The Balaban J connectivity index is 2.16. The normalized spacial score (nSPS) is 22.3. The molecule has 0 bridgehead atoms. The Kier molecular flexibility index (Phi) is 4.48. The molecule has 1 aliphatic rings. The van der Waals surface area contributed by atoms with E-state index in [-0.39, 0.29) is 17.8 Å². The number of hydrogen-bond acceptors (Lipinski definition) is 4. The van der Waals surface area contributed by atoms with Gasteiger partial charge in [0.25, 0.3) is 5.91 Å². The van der Waals surface area contributed by atoms with Crippen LogP contribution in [0.25, 0.3) is 0 Å². The molecule has 2 rings (SSSR count). The van der Waals surface area contributed by atoms with E-state index in [0.717, 1.165) is 0 Å². The average Bonchev–Trinajstić information content (AvgIpc) is 3.08. The van der Waals surface area contributed by atoms with Crippen molar-refractivity contribution in [2.24, 2.45) is 11.3 Å². The van der Waals surface area contributed by atoms with Crippen LogP contribution in [0, 0.1) is 11.3 Å². The highest BCUT2D eigenvalue weighted by atomic mass is 32.1. The first kappa shape index (κ1) is 15.0. The number of rotatable bonds is 4. The lowest BCUT2D eigenvalue weighted by molar-refractivity contribution is -0.157. The van der Waals surface area contributed by atoms with Crippen LogP contribution in [0.2, 0.25) is 0 Å². The van der Waals surface area contributed by atoms with Crippen LogP contribution in [-0.2, 0) is 9.53 Å². The van der Waals surface area contributed by atoms with E-state index in [1.54, 1.807) is 4.90 Å². The molecule has 4 nitrogen and oxygen atoms in total. The molecule has 1 aromatic rings. The SMILES string of the molecule is CCOC(=O)[C@]1(C(C)C)CCN(C(=O)c2ccsc2)C1. The first-order chi connectivity index (χ1) is 9.51. The molecule has 1 fully saturated rings. The van der Waals surface area contributed by atoms with Gasteiger partial charge in [0.2, 0.25) is 0 Å². The first-order valence-corrected chi connectivity index (χ1v) is 7.94. The van der Waals surface area contributed by atoms with Gasteiger partial charge in [-0.05, 0) is 30.7 Å². The molecule has 0 unspecified atom stereocenters. The molecule has 1 amide bonds. The predicted molar refractivity (Wildman–Crippen MR) is 78.7 cm³/mol. The highest BCUT2D eigenvalue weighted by Crippen LogP contribution is 2.39. The fourth-order valence-electron chi connectivity index (χ4n) is 2.72. The maximum Gasteiger partial charge on any atom is 0.314 e. The molecule has 0 N–H and O–H groups in total. The number of hydrogen-bond donors (Lipinski definition) is 0. The van der Waals surface area contributed by atoms with E-state index in [1.807, 2.05) is 37.6 Å². The van der Waals surface area contributed by atoms with Gasteiger partial charge in [-0.15, -0.1) is 0 Å². The molecule has 1 aromatic heterocycles. The highest BCUT2D eigenvalue weighted by molar-refractivity contribution is 7.08. The maximum absolute atomic E-state index is 12.4. The van der Waals surface area contributed by atoms with Crippen LogP contribution < -0.4 is 0 Å². The van der Waals surface area contributed by atoms with Crippen LogP contribution in [0.4, 0.5) is 0 Å². The van der Waals surface area contributed by atoms with Gasteiger partial charge in [0, 0.05) is 18.5 Å². The van der Waals surface area contributed by atoms with Crippen molar-refractivity contribution in [3.05, 3.63) is 22.4 Å². The molecule has 0 radical (unpaired) electrons. The summed E-state index contributed by atoms with van der Waals surface area (Å²) in [6, 6.07) is 1.83. The minimum absolute atomic E-state index is 0.0121. The largest absolute Gasteiger partial charge is 0.466 e. The Hall–Kier alpha value is -1.36. The molecule has 5 heteroatoms. The van der Waals surface area contributed by atoms with Crippen LogP contribution in [0.5, 0.6) is 0 Å². The molecule has 20 heavy (non-hydrogen) atoms. The van der Waals surface area contributed by atoms with Gasteiger partial charge in [0.05, 0.1) is 17.6 Å². The summed E-state index contributed by atoms with van der Waals surface area (Å²) in [4.78, 5) is 26.5. The summed E-state index contributed by atoms with van der Waals surface area (Å²) in [5.74, 6) is -0.00415. The van der Waals surface area contributed by atoms with Gasteiger partial charge in [-0.2, -0.15) is 11.3 Å². The topological polar surface area (TPSA) is 46.6 Å². The zero-order valence-corrected chi connectivity index (χ0v) is 13.0. The van der Waals surface area contributed by atoms with Crippen molar-refractivity contribution in [2.75, 3.05) is 19.7 Å².